The number of carbonyl (C=O) groups excluding carboxylic acids is 1. The first kappa shape index (κ1) is 14.9. The highest BCUT2D eigenvalue weighted by molar-refractivity contribution is 5.92. The van der Waals surface area contributed by atoms with Gasteiger partial charge in [-0.05, 0) is 38.4 Å². The number of nitrogens with one attached hydrogen (secondary N) is 2. The molecule has 0 spiro atoms. The highest BCUT2D eigenvalue weighted by atomic mass is 35.5. The second-order valence-corrected chi connectivity index (χ2v) is 4.41. The average molecular weight is 274 g/mol. The molecule has 0 radical (unpaired) electrons. The molecule has 1 amide bonds. The van der Waals surface area contributed by atoms with Gasteiger partial charge in [0.1, 0.15) is 11.5 Å². The lowest BCUT2D eigenvalue weighted by atomic mass is 10.0. The predicted molar refractivity (Wildman–Crippen MR) is 69.4 cm³/mol. The van der Waals surface area contributed by atoms with E-state index in [4.69, 9.17) is 0 Å². The molecule has 2 unspecified atom stereocenters. The van der Waals surface area contributed by atoms with Crippen LogP contribution in [0.25, 0.3) is 0 Å². The summed E-state index contributed by atoms with van der Waals surface area (Å²) in [5.41, 5.74) is 0.262. The lowest BCUT2D eigenvalue weighted by molar-refractivity contribution is 0.0920. The van der Waals surface area contributed by atoms with Crippen LogP contribution in [-0.2, 0) is 0 Å². The largest absolute Gasteiger partial charge is 0.348 e. The fourth-order valence-corrected chi connectivity index (χ4v) is 2.03. The second-order valence-electron chi connectivity index (χ2n) is 4.41. The molecule has 2 atom stereocenters. The summed E-state index contributed by atoms with van der Waals surface area (Å²) in [6.45, 7) is 3.00. The van der Waals surface area contributed by atoms with Crippen molar-refractivity contribution in [2.45, 2.75) is 31.8 Å². The lowest BCUT2D eigenvalue weighted by Gasteiger charge is -2.28. The Bertz CT molecular complexity index is 399. The predicted octanol–water partition coefficient (Wildman–Crippen LogP) is 1.51. The van der Waals surface area contributed by atoms with Gasteiger partial charge in [-0.25, -0.2) is 9.37 Å². The Morgan fingerprint density at radius 1 is 1.56 bits per heavy atom. The summed E-state index contributed by atoms with van der Waals surface area (Å²) in [6, 6.07) is 3.23. The van der Waals surface area contributed by atoms with E-state index in [2.05, 4.69) is 22.5 Å². The second kappa shape index (κ2) is 6.66. The van der Waals surface area contributed by atoms with Crippen molar-refractivity contribution in [2.75, 3.05) is 6.54 Å². The third-order valence-electron chi connectivity index (χ3n) is 2.92. The Balaban J connectivity index is 0.00000162. The molecule has 1 saturated heterocycles. The van der Waals surface area contributed by atoms with Gasteiger partial charge >= 0.3 is 0 Å². The molecule has 1 aliphatic rings. The normalized spacial score (nSPS) is 23.0. The van der Waals surface area contributed by atoms with Gasteiger partial charge in [0.25, 0.3) is 5.91 Å². The molecule has 2 N–H and O–H groups in total. The molecule has 0 bridgehead atoms. The van der Waals surface area contributed by atoms with Crippen LogP contribution in [-0.4, -0.2) is 29.5 Å². The van der Waals surface area contributed by atoms with Crippen molar-refractivity contribution in [3.8, 4) is 0 Å². The number of hydrogen-bond acceptors (Lipinski definition) is 3. The molecule has 1 fully saturated rings. The maximum atomic E-state index is 12.7. The van der Waals surface area contributed by atoms with Crippen molar-refractivity contribution >= 4 is 18.3 Å². The summed E-state index contributed by atoms with van der Waals surface area (Å²) in [4.78, 5) is 15.6. The van der Waals surface area contributed by atoms with E-state index < -0.39 is 5.82 Å². The Morgan fingerprint density at radius 2 is 2.33 bits per heavy atom. The molecule has 0 aromatic carbocycles. The fourth-order valence-electron chi connectivity index (χ4n) is 2.03. The number of carbonyl (C=O) groups is 1. The summed E-state index contributed by atoms with van der Waals surface area (Å²) < 4.78 is 12.7. The maximum Gasteiger partial charge on any atom is 0.270 e. The molecule has 0 saturated carbocycles. The molecule has 18 heavy (non-hydrogen) atoms. The zero-order valence-corrected chi connectivity index (χ0v) is 11.0. The molecule has 4 nitrogen and oxygen atoms in total. The van der Waals surface area contributed by atoms with E-state index in [9.17, 15) is 9.18 Å². The first-order chi connectivity index (χ1) is 8.15. The van der Waals surface area contributed by atoms with Crippen molar-refractivity contribution in [2.24, 2.45) is 0 Å². The molecule has 2 rings (SSSR count). The SMILES string of the molecule is CC1CC(NC(=O)c2ccc(F)cn2)CCN1.Cl. The highest BCUT2D eigenvalue weighted by Gasteiger charge is 2.20. The number of hydrogen-bond donors (Lipinski definition) is 2. The van der Waals surface area contributed by atoms with E-state index in [1.807, 2.05) is 0 Å². The van der Waals surface area contributed by atoms with Crippen LogP contribution in [0.1, 0.15) is 30.3 Å². The summed E-state index contributed by atoms with van der Waals surface area (Å²) >= 11 is 0. The summed E-state index contributed by atoms with van der Waals surface area (Å²) in [5, 5.41) is 6.24. The van der Waals surface area contributed by atoms with Crippen molar-refractivity contribution in [1.82, 2.24) is 15.6 Å². The van der Waals surface area contributed by atoms with Crippen LogP contribution in [0.15, 0.2) is 18.3 Å². The van der Waals surface area contributed by atoms with Gasteiger partial charge in [-0.3, -0.25) is 4.79 Å². The number of halogens is 2. The Hall–Kier alpha value is -1.20. The van der Waals surface area contributed by atoms with E-state index >= 15 is 0 Å². The molecule has 1 aromatic heterocycles. The van der Waals surface area contributed by atoms with Gasteiger partial charge in [-0.1, -0.05) is 0 Å². The zero-order chi connectivity index (χ0) is 12.3. The Kier molecular flexibility index (Phi) is 5.50. The van der Waals surface area contributed by atoms with E-state index in [1.54, 1.807) is 0 Å². The van der Waals surface area contributed by atoms with E-state index in [-0.39, 0.29) is 30.0 Å². The summed E-state index contributed by atoms with van der Waals surface area (Å²) in [6.07, 6.45) is 2.88. The van der Waals surface area contributed by atoms with Crippen LogP contribution in [0.5, 0.6) is 0 Å². The van der Waals surface area contributed by atoms with E-state index in [0.29, 0.717) is 6.04 Å². The van der Waals surface area contributed by atoms with Crippen molar-refractivity contribution < 1.29 is 9.18 Å². The molecular weight excluding hydrogens is 257 g/mol. The van der Waals surface area contributed by atoms with Crippen molar-refractivity contribution in [3.05, 3.63) is 29.8 Å². The smallest absolute Gasteiger partial charge is 0.270 e. The topological polar surface area (TPSA) is 54.0 Å². The highest BCUT2D eigenvalue weighted by Crippen LogP contribution is 2.09. The third kappa shape index (κ3) is 3.92. The Labute approximate surface area is 112 Å². The average Bonchev–Trinajstić information content (AvgIpc) is 2.29. The number of aromatic nitrogens is 1. The number of rotatable bonds is 2. The molecule has 1 aromatic rings. The first-order valence-corrected chi connectivity index (χ1v) is 5.81. The minimum atomic E-state index is -0.433. The molecular formula is C12H17ClFN3O. The van der Waals surface area contributed by atoms with Crippen molar-refractivity contribution in [1.29, 1.82) is 0 Å². The van der Waals surface area contributed by atoms with E-state index in [0.717, 1.165) is 25.6 Å². The standard InChI is InChI=1S/C12H16FN3O.ClH/c1-8-6-10(4-5-14-8)16-12(17)11-3-2-9(13)7-15-11;/h2-3,7-8,10,14H,4-6H2,1H3,(H,16,17);1H. The van der Waals surface area contributed by atoms with Crippen LogP contribution >= 0.6 is 12.4 Å². The van der Waals surface area contributed by atoms with Gasteiger partial charge in [-0.2, -0.15) is 0 Å². The fraction of sp³-hybridized carbons (Fsp3) is 0.500. The van der Waals surface area contributed by atoms with E-state index in [1.165, 1.54) is 12.1 Å². The molecule has 0 aliphatic carbocycles. The summed E-state index contributed by atoms with van der Waals surface area (Å²) in [7, 11) is 0. The van der Waals surface area contributed by atoms with Crippen molar-refractivity contribution in [3.63, 3.8) is 0 Å². The molecule has 6 heteroatoms. The third-order valence-corrected chi connectivity index (χ3v) is 2.92. The first-order valence-electron chi connectivity index (χ1n) is 5.81. The van der Waals surface area contributed by atoms with Gasteiger partial charge < -0.3 is 10.6 Å². The molecule has 100 valence electrons. The number of pyridine rings is 1. The van der Waals surface area contributed by atoms with Gasteiger partial charge in [0.05, 0.1) is 6.20 Å². The molecule has 1 aliphatic heterocycles. The molecule has 2 heterocycles. The minimum Gasteiger partial charge on any atom is -0.348 e. The summed E-state index contributed by atoms with van der Waals surface area (Å²) in [5.74, 6) is -0.666. The number of nitrogens with zero attached hydrogens (tertiary/aromatic N) is 1. The zero-order valence-electron chi connectivity index (χ0n) is 10.1. The van der Waals surface area contributed by atoms with Crippen LogP contribution < -0.4 is 10.6 Å². The van der Waals surface area contributed by atoms with Gasteiger partial charge in [0, 0.05) is 12.1 Å². The van der Waals surface area contributed by atoms with Gasteiger partial charge in [-0.15, -0.1) is 12.4 Å². The number of amides is 1. The van der Waals surface area contributed by atoms with Crippen LogP contribution in [0.4, 0.5) is 4.39 Å². The minimum absolute atomic E-state index is 0. The van der Waals surface area contributed by atoms with Crippen LogP contribution in [0, 0.1) is 5.82 Å². The van der Waals surface area contributed by atoms with Crippen LogP contribution in [0.2, 0.25) is 0 Å². The lowest BCUT2D eigenvalue weighted by Crippen LogP contribution is -2.46. The maximum absolute atomic E-state index is 12.7. The monoisotopic (exact) mass is 273 g/mol. The van der Waals surface area contributed by atoms with Crippen LogP contribution in [0.3, 0.4) is 0 Å². The Morgan fingerprint density at radius 3 is 2.94 bits per heavy atom. The number of piperidine rings is 1. The van der Waals surface area contributed by atoms with Gasteiger partial charge in [0.2, 0.25) is 0 Å². The van der Waals surface area contributed by atoms with Gasteiger partial charge in [0.15, 0.2) is 0 Å². The quantitative estimate of drug-likeness (QED) is 0.859.